The number of aromatic nitrogens is 3. The first kappa shape index (κ1) is 19.0. The van der Waals surface area contributed by atoms with Crippen molar-refractivity contribution in [2.45, 2.75) is 44.7 Å². The minimum atomic E-state index is -0.335. The van der Waals surface area contributed by atoms with Gasteiger partial charge in [0.25, 0.3) is 0 Å². The Hall–Kier alpha value is -2.96. The summed E-state index contributed by atoms with van der Waals surface area (Å²) in [5.41, 5.74) is 2.22. The number of amides is 1. The van der Waals surface area contributed by atoms with Gasteiger partial charge in [0.15, 0.2) is 5.65 Å². The smallest absolute Gasteiger partial charge is 0.330 e. The number of carbonyl (C=O) groups excluding carboxylic acids is 1. The summed E-state index contributed by atoms with van der Waals surface area (Å²) in [7, 11) is 0. The molecule has 2 aromatic heterocycles. The van der Waals surface area contributed by atoms with Crippen LogP contribution >= 0.6 is 0 Å². The fourth-order valence-electron chi connectivity index (χ4n) is 4.50. The van der Waals surface area contributed by atoms with Crippen molar-refractivity contribution >= 4 is 17.1 Å². The Labute approximate surface area is 173 Å². The van der Waals surface area contributed by atoms with Crippen LogP contribution in [0.4, 0.5) is 4.39 Å². The number of carbonyl (C=O) groups is 1. The van der Waals surface area contributed by atoms with Crippen LogP contribution in [-0.2, 0) is 17.8 Å². The Morgan fingerprint density at radius 3 is 2.83 bits per heavy atom. The highest BCUT2D eigenvalue weighted by molar-refractivity contribution is 5.79. The van der Waals surface area contributed by atoms with Crippen molar-refractivity contribution in [3.05, 3.63) is 64.5 Å². The van der Waals surface area contributed by atoms with Crippen molar-refractivity contribution in [2.75, 3.05) is 13.1 Å². The lowest BCUT2D eigenvalue weighted by Crippen LogP contribution is -2.43. The third-order valence-electron chi connectivity index (χ3n) is 6.22. The maximum atomic E-state index is 13.5. The molecule has 0 bridgehead atoms. The molecule has 156 valence electrons. The van der Waals surface area contributed by atoms with Crippen LogP contribution < -0.4 is 5.69 Å². The number of halogens is 1. The van der Waals surface area contributed by atoms with Crippen molar-refractivity contribution in [1.82, 2.24) is 19.0 Å². The SMILES string of the molecule is O=C(Cc1cccc(F)c1)N1CCC[C@H](n2c(=O)n(CC3CC3)c3cccnc32)C1. The molecule has 1 atom stereocenters. The van der Waals surface area contributed by atoms with E-state index in [1.165, 1.54) is 25.0 Å². The van der Waals surface area contributed by atoms with Gasteiger partial charge in [-0.1, -0.05) is 12.1 Å². The summed E-state index contributed by atoms with van der Waals surface area (Å²) in [6.07, 6.45) is 5.89. The Morgan fingerprint density at radius 2 is 2.03 bits per heavy atom. The molecule has 1 aromatic carbocycles. The zero-order chi connectivity index (χ0) is 20.7. The Balaban J connectivity index is 1.41. The number of piperidine rings is 1. The van der Waals surface area contributed by atoms with E-state index < -0.39 is 0 Å². The van der Waals surface area contributed by atoms with Gasteiger partial charge in [0, 0.05) is 25.8 Å². The van der Waals surface area contributed by atoms with Crippen molar-refractivity contribution in [3.63, 3.8) is 0 Å². The van der Waals surface area contributed by atoms with E-state index in [2.05, 4.69) is 4.98 Å². The lowest BCUT2D eigenvalue weighted by atomic mass is 10.0. The first-order valence-corrected chi connectivity index (χ1v) is 10.7. The number of hydrogen-bond donors (Lipinski definition) is 0. The molecule has 1 saturated heterocycles. The molecule has 1 aliphatic heterocycles. The van der Waals surface area contributed by atoms with E-state index in [-0.39, 0.29) is 29.9 Å². The fraction of sp³-hybridized carbons (Fsp3) is 0.435. The minimum absolute atomic E-state index is 0.0278. The van der Waals surface area contributed by atoms with Crippen LogP contribution in [0.3, 0.4) is 0 Å². The highest BCUT2D eigenvalue weighted by atomic mass is 19.1. The van der Waals surface area contributed by atoms with E-state index in [4.69, 9.17) is 0 Å². The van der Waals surface area contributed by atoms with Crippen LogP contribution in [0.1, 0.15) is 37.3 Å². The molecule has 0 N–H and O–H groups in total. The Morgan fingerprint density at radius 1 is 1.17 bits per heavy atom. The van der Waals surface area contributed by atoms with E-state index in [9.17, 15) is 14.0 Å². The van der Waals surface area contributed by atoms with Crippen molar-refractivity contribution in [1.29, 1.82) is 0 Å². The van der Waals surface area contributed by atoms with Gasteiger partial charge in [-0.25, -0.2) is 14.2 Å². The van der Waals surface area contributed by atoms with Crippen molar-refractivity contribution in [3.8, 4) is 0 Å². The van der Waals surface area contributed by atoms with Gasteiger partial charge in [-0.2, -0.15) is 0 Å². The molecule has 3 aromatic rings. The summed E-state index contributed by atoms with van der Waals surface area (Å²) in [6, 6.07) is 9.89. The lowest BCUT2D eigenvalue weighted by Gasteiger charge is -2.33. The number of likely N-dealkylation sites (tertiary alicyclic amines) is 1. The van der Waals surface area contributed by atoms with Gasteiger partial charge in [0.05, 0.1) is 18.0 Å². The third kappa shape index (κ3) is 3.64. The molecular formula is C23H25FN4O2. The van der Waals surface area contributed by atoms with Gasteiger partial charge in [-0.15, -0.1) is 0 Å². The molecule has 0 radical (unpaired) electrons. The van der Waals surface area contributed by atoms with E-state index >= 15 is 0 Å². The topological polar surface area (TPSA) is 60.1 Å². The highest BCUT2D eigenvalue weighted by Crippen LogP contribution is 2.32. The van der Waals surface area contributed by atoms with E-state index in [1.807, 2.05) is 16.7 Å². The molecule has 7 heteroatoms. The van der Waals surface area contributed by atoms with Crippen LogP contribution in [0.15, 0.2) is 47.4 Å². The number of imidazole rings is 1. The van der Waals surface area contributed by atoms with Gasteiger partial charge in [-0.05, 0) is 61.4 Å². The molecule has 0 spiro atoms. The molecular weight excluding hydrogens is 383 g/mol. The minimum Gasteiger partial charge on any atom is -0.340 e. The van der Waals surface area contributed by atoms with Gasteiger partial charge in [0.1, 0.15) is 5.82 Å². The van der Waals surface area contributed by atoms with E-state index in [0.717, 1.165) is 24.9 Å². The maximum Gasteiger partial charge on any atom is 0.330 e. The van der Waals surface area contributed by atoms with Crippen LogP contribution in [0.25, 0.3) is 11.2 Å². The second kappa shape index (κ2) is 7.70. The Kier molecular flexibility index (Phi) is 4.89. The van der Waals surface area contributed by atoms with Gasteiger partial charge in [-0.3, -0.25) is 13.9 Å². The number of pyridine rings is 1. The number of hydrogen-bond acceptors (Lipinski definition) is 3. The molecule has 30 heavy (non-hydrogen) atoms. The average Bonchev–Trinajstić information content (AvgIpc) is 3.52. The zero-order valence-corrected chi connectivity index (χ0v) is 16.8. The molecule has 2 fully saturated rings. The standard InChI is InChI=1S/C23H25FN4O2/c24-18-5-1-4-17(12-18)13-21(29)26-11-3-6-19(15-26)28-22-20(7-2-10-25-22)27(23(28)30)14-16-8-9-16/h1-2,4-5,7,10,12,16,19H,3,6,8-9,11,13-15H2/t19-/m0/s1. The number of nitrogens with zero attached hydrogens (tertiary/aromatic N) is 4. The molecule has 3 heterocycles. The summed E-state index contributed by atoms with van der Waals surface area (Å²) in [5, 5.41) is 0. The summed E-state index contributed by atoms with van der Waals surface area (Å²) < 4.78 is 17.1. The maximum absolute atomic E-state index is 13.5. The van der Waals surface area contributed by atoms with Crippen molar-refractivity contribution < 1.29 is 9.18 Å². The largest absolute Gasteiger partial charge is 0.340 e. The summed E-state index contributed by atoms with van der Waals surface area (Å²) in [6.45, 7) is 1.88. The normalized spacial score (nSPS) is 19.4. The molecule has 1 amide bonds. The predicted molar refractivity (Wildman–Crippen MR) is 112 cm³/mol. The molecule has 1 aliphatic carbocycles. The quantitative estimate of drug-likeness (QED) is 0.652. The van der Waals surface area contributed by atoms with Crippen LogP contribution in [0.5, 0.6) is 0 Å². The fourth-order valence-corrected chi connectivity index (χ4v) is 4.50. The number of fused-ring (bicyclic) bond motifs is 1. The third-order valence-corrected chi connectivity index (χ3v) is 6.22. The monoisotopic (exact) mass is 408 g/mol. The molecule has 0 unspecified atom stereocenters. The van der Waals surface area contributed by atoms with Crippen LogP contribution in [-0.4, -0.2) is 38.0 Å². The number of benzene rings is 1. The van der Waals surface area contributed by atoms with Crippen LogP contribution in [0.2, 0.25) is 0 Å². The number of rotatable bonds is 5. The Bertz CT molecular complexity index is 1150. The van der Waals surface area contributed by atoms with E-state index in [0.29, 0.717) is 30.2 Å². The predicted octanol–water partition coefficient (Wildman–Crippen LogP) is 3.15. The average molecular weight is 408 g/mol. The van der Waals surface area contributed by atoms with Gasteiger partial charge in [0.2, 0.25) is 5.91 Å². The van der Waals surface area contributed by atoms with Crippen molar-refractivity contribution in [2.24, 2.45) is 5.92 Å². The summed E-state index contributed by atoms with van der Waals surface area (Å²) in [5.74, 6) is 0.212. The van der Waals surface area contributed by atoms with Gasteiger partial charge >= 0.3 is 5.69 Å². The molecule has 2 aliphatic rings. The van der Waals surface area contributed by atoms with Crippen LogP contribution in [0, 0.1) is 11.7 Å². The molecule has 5 rings (SSSR count). The zero-order valence-electron chi connectivity index (χ0n) is 16.8. The summed E-state index contributed by atoms with van der Waals surface area (Å²) in [4.78, 5) is 32.5. The molecule has 6 nitrogen and oxygen atoms in total. The first-order valence-electron chi connectivity index (χ1n) is 10.7. The van der Waals surface area contributed by atoms with Gasteiger partial charge < -0.3 is 4.90 Å². The first-order chi connectivity index (χ1) is 14.6. The highest BCUT2D eigenvalue weighted by Gasteiger charge is 2.30. The second-order valence-corrected chi connectivity index (χ2v) is 8.50. The summed E-state index contributed by atoms with van der Waals surface area (Å²) >= 11 is 0. The lowest BCUT2D eigenvalue weighted by molar-refractivity contribution is -0.132. The second-order valence-electron chi connectivity index (χ2n) is 8.50. The van der Waals surface area contributed by atoms with E-state index in [1.54, 1.807) is 27.8 Å². The molecule has 1 saturated carbocycles.